The molecule has 4 rings (SSSR count). The summed E-state index contributed by atoms with van der Waals surface area (Å²) in [5.41, 5.74) is -3.07. The quantitative estimate of drug-likeness (QED) is 0.624. The van der Waals surface area contributed by atoms with Gasteiger partial charge in [0.2, 0.25) is 10.0 Å². The number of benzene rings is 2. The van der Waals surface area contributed by atoms with Crippen molar-refractivity contribution < 1.29 is 36.7 Å². The van der Waals surface area contributed by atoms with E-state index in [1.807, 2.05) is 0 Å². The summed E-state index contributed by atoms with van der Waals surface area (Å²) in [5.74, 6) is -7.58. The Morgan fingerprint density at radius 1 is 1.12 bits per heavy atom. The number of nitrogens with one attached hydrogen (secondary N) is 1. The molecule has 2 atom stereocenters. The number of carboxylic acid groups (broad SMARTS) is 1. The number of carbonyl (C=O) groups excluding carboxylic acids is 2. The molecule has 1 aliphatic heterocycles. The first-order chi connectivity index (χ1) is 15.9. The second-order valence-electron chi connectivity index (χ2n) is 7.96. The predicted molar refractivity (Wildman–Crippen MR) is 117 cm³/mol. The highest BCUT2D eigenvalue weighted by molar-refractivity contribution is 7.89. The van der Waals surface area contributed by atoms with E-state index < -0.39 is 45.8 Å². The summed E-state index contributed by atoms with van der Waals surface area (Å²) in [6, 6.07) is 11.9. The number of hydrogen-bond donors (Lipinski definition) is 2. The molecule has 2 aliphatic rings. The van der Waals surface area contributed by atoms with Crippen LogP contribution in [-0.4, -0.2) is 53.9 Å². The molecule has 2 amide bonds. The first kappa shape index (κ1) is 23.3. The number of aliphatic carboxylic acids is 1. The highest BCUT2D eigenvalue weighted by atomic mass is 32.2. The third-order valence-electron chi connectivity index (χ3n) is 5.61. The number of sulfonamides is 1. The lowest BCUT2D eigenvalue weighted by molar-refractivity contribution is -0.164. The smallest absolute Gasteiger partial charge is 0.351 e. The number of hydrogen-bond acceptors (Lipinski definition) is 5. The summed E-state index contributed by atoms with van der Waals surface area (Å²) in [5, 5.41) is 9.54. The van der Waals surface area contributed by atoms with Crippen LogP contribution >= 0.6 is 0 Å². The number of allylic oxidation sites excluding steroid dienone is 2. The van der Waals surface area contributed by atoms with Gasteiger partial charge in [-0.3, -0.25) is 14.5 Å². The number of rotatable bonds is 5. The van der Waals surface area contributed by atoms with Crippen LogP contribution in [-0.2, 0) is 21.4 Å². The molecule has 0 saturated heterocycles. The fraction of sp³-hybridized carbons (Fsp3) is 0.174. The van der Waals surface area contributed by atoms with Crippen molar-refractivity contribution in [1.82, 2.24) is 9.62 Å². The van der Waals surface area contributed by atoms with Crippen molar-refractivity contribution in [2.45, 2.75) is 18.0 Å². The minimum atomic E-state index is -3.88. The van der Waals surface area contributed by atoms with Gasteiger partial charge in [-0.2, -0.15) is 0 Å². The van der Waals surface area contributed by atoms with Gasteiger partial charge >= 0.3 is 5.97 Å². The van der Waals surface area contributed by atoms with Crippen molar-refractivity contribution in [3.63, 3.8) is 0 Å². The molecule has 11 heteroatoms. The highest BCUT2D eigenvalue weighted by Gasteiger charge is 2.64. The molecule has 8 nitrogen and oxygen atoms in total. The summed E-state index contributed by atoms with van der Waals surface area (Å²) in [6.07, 6.45) is 3.25. The number of amides is 2. The fourth-order valence-corrected chi connectivity index (χ4v) is 4.37. The molecular formula is C23H18F2N2O6S. The average Bonchev–Trinajstić information content (AvgIpc) is 3.11. The number of carboxylic acids is 1. The van der Waals surface area contributed by atoms with Gasteiger partial charge in [-0.15, -0.1) is 0 Å². The van der Waals surface area contributed by atoms with Crippen molar-refractivity contribution in [3.8, 4) is 0 Å². The van der Waals surface area contributed by atoms with E-state index in [0.717, 1.165) is 24.5 Å². The zero-order valence-corrected chi connectivity index (χ0v) is 18.5. The van der Waals surface area contributed by atoms with Gasteiger partial charge in [-0.1, -0.05) is 42.5 Å². The minimum Gasteiger partial charge on any atom is -0.478 e. The summed E-state index contributed by atoms with van der Waals surface area (Å²) >= 11 is 0. The molecule has 0 saturated carbocycles. The molecule has 34 heavy (non-hydrogen) atoms. The Morgan fingerprint density at radius 2 is 1.79 bits per heavy atom. The first-order valence-corrected chi connectivity index (χ1v) is 11.8. The lowest BCUT2D eigenvalue weighted by Crippen LogP contribution is -2.62. The van der Waals surface area contributed by atoms with Crippen molar-refractivity contribution in [2.24, 2.45) is 0 Å². The molecule has 2 aromatic rings. The molecular weight excluding hydrogens is 470 g/mol. The van der Waals surface area contributed by atoms with Crippen LogP contribution in [0.15, 0.2) is 66.8 Å². The monoisotopic (exact) mass is 488 g/mol. The van der Waals surface area contributed by atoms with E-state index in [1.54, 1.807) is 35.1 Å². The van der Waals surface area contributed by atoms with Crippen LogP contribution in [0.2, 0.25) is 0 Å². The van der Waals surface area contributed by atoms with Crippen LogP contribution in [0.1, 0.15) is 31.8 Å². The van der Waals surface area contributed by atoms with Gasteiger partial charge in [0.1, 0.15) is 0 Å². The third-order valence-corrected chi connectivity index (χ3v) is 6.17. The molecule has 176 valence electrons. The normalized spacial score (nSPS) is 23.9. The van der Waals surface area contributed by atoms with E-state index >= 15 is 8.78 Å². The topological polar surface area (TPSA) is 121 Å². The van der Waals surface area contributed by atoms with Crippen LogP contribution in [0.4, 0.5) is 8.78 Å². The SMILES string of the molecule is CS(=O)(=O)NC(=O)c1ccc2c(c1)C(=O)N(C1(F)C=C(c3ccccc3)C=CC1(F)C(=O)O)C2. The summed E-state index contributed by atoms with van der Waals surface area (Å²) < 4.78 is 56.5. The predicted octanol–water partition coefficient (Wildman–Crippen LogP) is 2.44. The minimum absolute atomic E-state index is 0.171. The Labute approximate surface area is 193 Å². The van der Waals surface area contributed by atoms with Crippen molar-refractivity contribution in [3.05, 3.63) is 89.0 Å². The lowest BCUT2D eigenvalue weighted by atomic mass is 9.83. The van der Waals surface area contributed by atoms with Crippen LogP contribution < -0.4 is 4.72 Å². The van der Waals surface area contributed by atoms with Gasteiger partial charge in [0.15, 0.2) is 0 Å². The van der Waals surface area contributed by atoms with E-state index in [-0.39, 0.29) is 22.3 Å². The summed E-state index contributed by atoms with van der Waals surface area (Å²) in [7, 11) is -3.88. The van der Waals surface area contributed by atoms with Gasteiger partial charge in [0.25, 0.3) is 23.3 Å². The Morgan fingerprint density at radius 3 is 2.41 bits per heavy atom. The number of carbonyl (C=O) groups is 3. The Kier molecular flexibility index (Phi) is 5.40. The standard InChI is InChI=1S/C23H18F2N2O6S/c1-34(32,33)26-19(28)15-7-8-17-13-27(20(29)18(17)11-15)23(25)12-16(14-5-3-2-4-6-14)9-10-22(23,24)21(30)31/h2-12H,13H2,1H3,(H,26,28)(H,30,31). The second-order valence-corrected chi connectivity index (χ2v) is 9.70. The molecule has 1 aliphatic carbocycles. The highest BCUT2D eigenvalue weighted by Crippen LogP contribution is 2.46. The van der Waals surface area contributed by atoms with E-state index in [2.05, 4.69) is 0 Å². The fourth-order valence-electron chi connectivity index (χ4n) is 3.92. The third kappa shape index (κ3) is 3.77. The summed E-state index contributed by atoms with van der Waals surface area (Å²) in [6.45, 7) is -0.468. The maximum atomic E-state index is 16.5. The molecule has 1 heterocycles. The molecule has 0 aromatic heterocycles. The van der Waals surface area contributed by atoms with Crippen molar-refractivity contribution in [1.29, 1.82) is 0 Å². The molecule has 0 fully saturated rings. The largest absolute Gasteiger partial charge is 0.478 e. The van der Waals surface area contributed by atoms with Gasteiger partial charge < -0.3 is 5.11 Å². The molecule has 2 N–H and O–H groups in total. The van der Waals surface area contributed by atoms with Gasteiger partial charge in [-0.05, 0) is 41.0 Å². The maximum Gasteiger partial charge on any atom is 0.351 e. The molecule has 0 spiro atoms. The van der Waals surface area contributed by atoms with Crippen molar-refractivity contribution >= 4 is 33.4 Å². The van der Waals surface area contributed by atoms with Crippen LogP contribution in [0.5, 0.6) is 0 Å². The average molecular weight is 488 g/mol. The van der Waals surface area contributed by atoms with Crippen LogP contribution in [0.25, 0.3) is 5.57 Å². The van der Waals surface area contributed by atoms with E-state index in [1.165, 1.54) is 12.1 Å². The van der Waals surface area contributed by atoms with Gasteiger partial charge in [0.05, 0.1) is 12.8 Å². The number of nitrogens with zero attached hydrogens (tertiary/aromatic N) is 1. The van der Waals surface area contributed by atoms with E-state index in [4.69, 9.17) is 0 Å². The van der Waals surface area contributed by atoms with Crippen LogP contribution in [0, 0.1) is 0 Å². The van der Waals surface area contributed by atoms with Gasteiger partial charge in [-0.25, -0.2) is 26.7 Å². The number of halogens is 2. The zero-order chi connectivity index (χ0) is 24.9. The van der Waals surface area contributed by atoms with E-state index in [0.29, 0.717) is 16.5 Å². The molecule has 2 unspecified atom stereocenters. The van der Waals surface area contributed by atoms with E-state index in [9.17, 15) is 27.9 Å². The second kappa shape index (κ2) is 7.87. The molecule has 2 aromatic carbocycles. The first-order valence-electron chi connectivity index (χ1n) is 9.91. The Balaban J connectivity index is 1.77. The number of fused-ring (bicyclic) bond motifs is 1. The molecule has 0 radical (unpaired) electrons. The number of alkyl halides is 2. The van der Waals surface area contributed by atoms with Crippen molar-refractivity contribution in [2.75, 3.05) is 6.26 Å². The van der Waals surface area contributed by atoms with Gasteiger partial charge in [0, 0.05) is 11.1 Å². The lowest BCUT2D eigenvalue weighted by Gasteiger charge is -2.41. The van der Waals surface area contributed by atoms with Crippen LogP contribution in [0.3, 0.4) is 0 Å². The Bertz CT molecular complexity index is 1390. The maximum absolute atomic E-state index is 16.5. The zero-order valence-electron chi connectivity index (χ0n) is 17.7. The summed E-state index contributed by atoms with van der Waals surface area (Å²) in [4.78, 5) is 37.6. The Hall–Kier alpha value is -3.86. The molecule has 0 bridgehead atoms.